The van der Waals surface area contributed by atoms with E-state index in [1.807, 2.05) is 0 Å². The molecule has 0 saturated heterocycles. The standard InChI is InChI=1S/C13H12F10N2O6/c1-3(5(26)27)24-7(30)9(14,15)11(18,19)13(22,23)12(20,21)10(16,17)8(31)25-4(2)6(28)29/h3-4H,1-2H3,(H,24,30)(H,25,31)(H,26,27)(H,28,29)/t3-,4-/m1/s1. The lowest BCUT2D eigenvalue weighted by Crippen LogP contribution is -2.72. The van der Waals surface area contributed by atoms with E-state index in [1.165, 1.54) is 0 Å². The summed E-state index contributed by atoms with van der Waals surface area (Å²) >= 11 is 0. The van der Waals surface area contributed by atoms with Crippen LogP contribution in [-0.4, -0.2) is 75.7 Å². The van der Waals surface area contributed by atoms with Crippen LogP contribution in [0.3, 0.4) is 0 Å². The lowest BCUT2D eigenvalue weighted by atomic mass is 9.93. The van der Waals surface area contributed by atoms with Crippen LogP contribution in [0.2, 0.25) is 0 Å². The van der Waals surface area contributed by atoms with Crippen LogP contribution in [0.5, 0.6) is 0 Å². The summed E-state index contributed by atoms with van der Waals surface area (Å²) in [7, 11) is 0. The summed E-state index contributed by atoms with van der Waals surface area (Å²) in [6, 6.07) is -4.85. The first-order valence-corrected chi connectivity index (χ1v) is 7.46. The van der Waals surface area contributed by atoms with Gasteiger partial charge in [-0.3, -0.25) is 19.2 Å². The monoisotopic (exact) mass is 482 g/mol. The topological polar surface area (TPSA) is 133 Å². The second-order valence-electron chi connectivity index (χ2n) is 5.94. The Bertz CT molecular complexity index is 697. The molecule has 2 amide bonds. The Balaban J connectivity index is 6.21. The molecule has 0 aromatic heterocycles. The molecule has 0 aromatic carbocycles. The molecule has 0 aliphatic heterocycles. The fourth-order valence-electron chi connectivity index (χ4n) is 1.57. The van der Waals surface area contributed by atoms with E-state index >= 15 is 0 Å². The number of alkyl halides is 10. The van der Waals surface area contributed by atoms with Crippen molar-refractivity contribution in [3.63, 3.8) is 0 Å². The van der Waals surface area contributed by atoms with Crippen molar-refractivity contribution in [2.75, 3.05) is 0 Å². The number of carbonyl (C=O) groups excluding carboxylic acids is 2. The zero-order valence-electron chi connectivity index (χ0n) is 15.0. The fourth-order valence-corrected chi connectivity index (χ4v) is 1.57. The first kappa shape index (κ1) is 28.2. The van der Waals surface area contributed by atoms with Gasteiger partial charge in [0.25, 0.3) is 11.8 Å². The van der Waals surface area contributed by atoms with E-state index in [2.05, 4.69) is 0 Å². The van der Waals surface area contributed by atoms with Gasteiger partial charge in [-0.2, -0.15) is 43.9 Å². The molecule has 0 aliphatic carbocycles. The number of hydrogen-bond donors (Lipinski definition) is 4. The molecule has 0 heterocycles. The van der Waals surface area contributed by atoms with E-state index < -0.39 is 65.4 Å². The normalized spacial score (nSPS) is 15.6. The van der Waals surface area contributed by atoms with Gasteiger partial charge in [-0.25, -0.2) is 0 Å². The largest absolute Gasteiger partial charge is 0.480 e. The first-order chi connectivity index (χ1) is 13.5. The van der Waals surface area contributed by atoms with E-state index in [0.29, 0.717) is 24.5 Å². The van der Waals surface area contributed by atoms with E-state index in [4.69, 9.17) is 10.2 Å². The summed E-state index contributed by atoms with van der Waals surface area (Å²) in [5, 5.41) is 17.9. The third kappa shape index (κ3) is 4.60. The summed E-state index contributed by atoms with van der Waals surface area (Å²) in [5.41, 5.74) is 0. The van der Waals surface area contributed by atoms with Crippen LogP contribution >= 0.6 is 0 Å². The highest BCUT2D eigenvalue weighted by Gasteiger charge is 2.89. The van der Waals surface area contributed by atoms with Crippen molar-refractivity contribution in [3.05, 3.63) is 0 Å². The van der Waals surface area contributed by atoms with Gasteiger partial charge in [0.1, 0.15) is 12.1 Å². The number of halogens is 10. The average molecular weight is 482 g/mol. The van der Waals surface area contributed by atoms with Crippen LogP contribution in [0.15, 0.2) is 0 Å². The maximum absolute atomic E-state index is 13.6. The lowest BCUT2D eigenvalue weighted by molar-refractivity contribution is -0.388. The lowest BCUT2D eigenvalue weighted by Gasteiger charge is -2.38. The Hall–Kier alpha value is -2.82. The maximum atomic E-state index is 13.6. The van der Waals surface area contributed by atoms with Crippen molar-refractivity contribution in [3.8, 4) is 0 Å². The molecule has 4 N–H and O–H groups in total. The molecule has 0 spiro atoms. The van der Waals surface area contributed by atoms with E-state index in [1.54, 1.807) is 0 Å². The summed E-state index contributed by atoms with van der Waals surface area (Å²) in [6.45, 7) is 0.757. The number of carboxylic acids is 2. The molecule has 0 aromatic rings. The van der Waals surface area contributed by atoms with Crippen LogP contribution in [0.25, 0.3) is 0 Å². The average Bonchev–Trinajstić information content (AvgIpc) is 2.60. The van der Waals surface area contributed by atoms with Crippen LogP contribution in [0.1, 0.15) is 13.8 Å². The summed E-state index contributed by atoms with van der Waals surface area (Å²) in [4.78, 5) is 43.0. The van der Waals surface area contributed by atoms with Gasteiger partial charge in [0.15, 0.2) is 0 Å². The van der Waals surface area contributed by atoms with Crippen molar-refractivity contribution < 1.29 is 73.3 Å². The minimum Gasteiger partial charge on any atom is -0.480 e. The van der Waals surface area contributed by atoms with Gasteiger partial charge < -0.3 is 20.8 Å². The number of carboxylic acid groups (broad SMARTS) is 2. The van der Waals surface area contributed by atoms with Gasteiger partial charge in [-0.1, -0.05) is 0 Å². The van der Waals surface area contributed by atoms with Crippen molar-refractivity contribution in [1.29, 1.82) is 0 Å². The summed E-state index contributed by atoms with van der Waals surface area (Å²) in [6.07, 6.45) is 0. The minimum atomic E-state index is -7.80. The van der Waals surface area contributed by atoms with Gasteiger partial charge >= 0.3 is 41.6 Å². The molecule has 0 saturated carbocycles. The SMILES string of the molecule is C[C@@H](NC(=O)C(F)(F)C(F)(F)C(F)(F)C(F)(F)C(F)(F)C(=O)N[C@H](C)C(=O)O)C(=O)O. The quantitative estimate of drug-likeness (QED) is 0.348. The van der Waals surface area contributed by atoms with Crippen LogP contribution in [0, 0.1) is 0 Å². The Morgan fingerprint density at radius 2 is 0.806 bits per heavy atom. The minimum absolute atomic E-state index is 0.378. The molecule has 180 valence electrons. The highest BCUT2D eigenvalue weighted by atomic mass is 19.4. The number of aliphatic carboxylic acids is 2. The molecule has 0 radical (unpaired) electrons. The first-order valence-electron chi connectivity index (χ1n) is 7.46. The smallest absolute Gasteiger partial charge is 0.392 e. The Morgan fingerprint density at radius 1 is 0.581 bits per heavy atom. The van der Waals surface area contributed by atoms with E-state index in [-0.39, 0.29) is 0 Å². The van der Waals surface area contributed by atoms with E-state index in [0.717, 1.165) is 0 Å². The zero-order chi connectivity index (χ0) is 25.4. The molecule has 0 aliphatic rings. The maximum Gasteiger partial charge on any atom is 0.392 e. The van der Waals surface area contributed by atoms with Crippen LogP contribution in [0.4, 0.5) is 43.9 Å². The van der Waals surface area contributed by atoms with Crippen molar-refractivity contribution in [2.45, 2.75) is 55.5 Å². The van der Waals surface area contributed by atoms with E-state index in [9.17, 15) is 63.1 Å². The second kappa shape index (κ2) is 8.37. The third-order valence-corrected chi connectivity index (χ3v) is 3.58. The number of nitrogens with one attached hydrogen (secondary N) is 2. The van der Waals surface area contributed by atoms with Crippen molar-refractivity contribution >= 4 is 23.8 Å². The summed E-state index contributed by atoms with van der Waals surface area (Å²) in [5.74, 6) is -48.1. The number of amides is 2. The predicted octanol–water partition coefficient (Wildman–Crippen LogP) is 1.34. The number of hydrogen-bond acceptors (Lipinski definition) is 4. The molecule has 2 atom stereocenters. The Kier molecular flexibility index (Phi) is 7.61. The molecule has 0 rings (SSSR count). The molecular weight excluding hydrogens is 470 g/mol. The second-order valence-corrected chi connectivity index (χ2v) is 5.94. The van der Waals surface area contributed by atoms with Crippen LogP contribution in [-0.2, 0) is 19.2 Å². The Morgan fingerprint density at radius 3 is 1.00 bits per heavy atom. The van der Waals surface area contributed by atoms with Gasteiger partial charge in [0.2, 0.25) is 0 Å². The molecule has 31 heavy (non-hydrogen) atoms. The molecule has 0 bridgehead atoms. The number of carbonyl (C=O) groups is 4. The third-order valence-electron chi connectivity index (χ3n) is 3.58. The van der Waals surface area contributed by atoms with Gasteiger partial charge in [0.05, 0.1) is 0 Å². The Labute approximate surface area is 164 Å². The molecule has 0 unspecified atom stereocenters. The number of rotatable bonds is 10. The van der Waals surface area contributed by atoms with Crippen molar-refractivity contribution in [2.24, 2.45) is 0 Å². The van der Waals surface area contributed by atoms with Crippen molar-refractivity contribution in [1.82, 2.24) is 10.6 Å². The molecule has 18 heteroatoms. The molecule has 0 fully saturated rings. The summed E-state index contributed by atoms with van der Waals surface area (Å²) < 4.78 is 136. The van der Waals surface area contributed by atoms with Gasteiger partial charge in [-0.15, -0.1) is 0 Å². The highest BCUT2D eigenvalue weighted by Crippen LogP contribution is 2.57. The molecular formula is C13H12F10N2O6. The fraction of sp³-hybridized carbons (Fsp3) is 0.692. The predicted molar refractivity (Wildman–Crippen MR) is 75.2 cm³/mol. The highest BCUT2D eigenvalue weighted by molar-refractivity contribution is 5.90. The van der Waals surface area contributed by atoms with Crippen LogP contribution < -0.4 is 10.6 Å². The van der Waals surface area contributed by atoms with Gasteiger partial charge in [0, 0.05) is 0 Å². The molecule has 8 nitrogen and oxygen atoms in total. The van der Waals surface area contributed by atoms with Gasteiger partial charge in [-0.05, 0) is 13.8 Å². The zero-order valence-corrected chi connectivity index (χ0v) is 15.0.